The molecule has 134 valence electrons. The van der Waals surface area contributed by atoms with Crippen LogP contribution in [0.1, 0.15) is 5.56 Å². The Morgan fingerprint density at radius 2 is 1.96 bits per heavy atom. The highest BCUT2D eigenvalue weighted by Crippen LogP contribution is 2.25. The molecule has 1 fully saturated rings. The number of nitro groups is 1. The van der Waals surface area contributed by atoms with Gasteiger partial charge in [0.2, 0.25) is 11.7 Å². The van der Waals surface area contributed by atoms with Gasteiger partial charge in [0.25, 0.3) is 0 Å². The summed E-state index contributed by atoms with van der Waals surface area (Å²) in [4.78, 5) is 30.8. The van der Waals surface area contributed by atoms with E-state index in [0.717, 1.165) is 10.0 Å². The average molecular weight is 417 g/mol. The Bertz CT molecular complexity index is 848. The molecule has 2 heterocycles. The number of carbonyl (C=O) groups is 1. The molecule has 0 atom stereocenters. The summed E-state index contributed by atoms with van der Waals surface area (Å²) < 4.78 is 0.956. The topological polar surface area (TPSA) is 79.6 Å². The predicted molar refractivity (Wildman–Crippen MR) is 103 cm³/mol. The van der Waals surface area contributed by atoms with Crippen LogP contribution in [0.5, 0.6) is 0 Å². The summed E-state index contributed by atoms with van der Waals surface area (Å²) in [5, 5.41) is 11.1. The third-order valence-corrected chi connectivity index (χ3v) is 4.61. The molecule has 0 aliphatic carbocycles. The van der Waals surface area contributed by atoms with Gasteiger partial charge in [-0.15, -0.1) is 0 Å². The van der Waals surface area contributed by atoms with E-state index in [1.807, 2.05) is 29.2 Å². The van der Waals surface area contributed by atoms with Crippen molar-refractivity contribution in [3.63, 3.8) is 0 Å². The molecule has 0 bridgehead atoms. The Kier molecular flexibility index (Phi) is 5.62. The van der Waals surface area contributed by atoms with E-state index in [0.29, 0.717) is 32.0 Å². The molecule has 3 rings (SSSR count). The summed E-state index contributed by atoms with van der Waals surface area (Å²) in [6.07, 6.45) is 4.88. The summed E-state index contributed by atoms with van der Waals surface area (Å²) >= 11 is 3.40. The second-order valence-electron chi connectivity index (χ2n) is 5.80. The SMILES string of the molecule is O=C(C=Cc1cccc(Br)c1)N1CCN(c2ncccc2[N+](=O)[O-])CC1. The van der Waals surface area contributed by atoms with Crippen molar-refractivity contribution < 1.29 is 9.72 Å². The fourth-order valence-corrected chi connectivity index (χ4v) is 3.21. The number of nitrogens with zero attached hydrogens (tertiary/aromatic N) is 4. The van der Waals surface area contributed by atoms with Crippen molar-refractivity contribution in [3.8, 4) is 0 Å². The largest absolute Gasteiger partial charge is 0.347 e. The quantitative estimate of drug-likeness (QED) is 0.434. The van der Waals surface area contributed by atoms with Gasteiger partial charge >= 0.3 is 5.69 Å². The van der Waals surface area contributed by atoms with E-state index in [1.165, 1.54) is 6.07 Å². The number of amides is 1. The average Bonchev–Trinajstić information content (AvgIpc) is 2.66. The first kappa shape index (κ1) is 18.1. The molecule has 1 aliphatic rings. The van der Waals surface area contributed by atoms with E-state index in [-0.39, 0.29) is 11.6 Å². The number of pyridine rings is 1. The first-order chi connectivity index (χ1) is 12.5. The van der Waals surface area contributed by atoms with Crippen LogP contribution in [0.3, 0.4) is 0 Å². The maximum absolute atomic E-state index is 12.4. The molecular weight excluding hydrogens is 400 g/mol. The molecule has 0 N–H and O–H groups in total. The summed E-state index contributed by atoms with van der Waals surface area (Å²) in [7, 11) is 0. The summed E-state index contributed by atoms with van der Waals surface area (Å²) in [5.74, 6) is 0.287. The van der Waals surface area contributed by atoms with Gasteiger partial charge < -0.3 is 9.80 Å². The molecule has 7 nitrogen and oxygen atoms in total. The standard InChI is InChI=1S/C18H17BrN4O3/c19-15-4-1-3-14(13-15)6-7-17(24)21-9-11-22(12-10-21)18-16(23(25)26)5-2-8-20-18/h1-8,13H,9-12H2. The summed E-state index contributed by atoms with van der Waals surface area (Å²) in [6, 6.07) is 10.7. The van der Waals surface area contributed by atoms with E-state index in [1.54, 1.807) is 29.3 Å². The van der Waals surface area contributed by atoms with Crippen LogP contribution < -0.4 is 4.90 Å². The summed E-state index contributed by atoms with van der Waals surface area (Å²) in [5.41, 5.74) is 0.928. The van der Waals surface area contributed by atoms with Crippen LogP contribution in [0.25, 0.3) is 6.08 Å². The van der Waals surface area contributed by atoms with E-state index in [4.69, 9.17) is 0 Å². The number of carbonyl (C=O) groups excluding carboxylic acids is 1. The maximum Gasteiger partial charge on any atom is 0.311 e. The number of rotatable bonds is 4. The van der Waals surface area contributed by atoms with Crippen molar-refractivity contribution in [3.05, 3.63) is 68.8 Å². The monoisotopic (exact) mass is 416 g/mol. The van der Waals surface area contributed by atoms with Crippen molar-refractivity contribution in [2.75, 3.05) is 31.1 Å². The van der Waals surface area contributed by atoms with E-state index in [2.05, 4.69) is 20.9 Å². The number of halogens is 1. The van der Waals surface area contributed by atoms with Gasteiger partial charge in [-0.05, 0) is 29.8 Å². The van der Waals surface area contributed by atoms with E-state index >= 15 is 0 Å². The molecule has 0 saturated carbocycles. The van der Waals surface area contributed by atoms with Gasteiger partial charge in [0, 0.05) is 49.0 Å². The molecule has 2 aromatic rings. The second kappa shape index (κ2) is 8.09. The lowest BCUT2D eigenvalue weighted by atomic mass is 10.2. The molecule has 1 aromatic carbocycles. The third kappa shape index (κ3) is 4.26. The summed E-state index contributed by atoms with van der Waals surface area (Å²) in [6.45, 7) is 2.01. The van der Waals surface area contributed by atoms with Crippen molar-refractivity contribution in [1.29, 1.82) is 0 Å². The lowest BCUT2D eigenvalue weighted by Gasteiger charge is -2.34. The van der Waals surface area contributed by atoms with Crippen molar-refractivity contribution in [2.45, 2.75) is 0 Å². The van der Waals surface area contributed by atoms with Gasteiger partial charge in [0.05, 0.1) is 4.92 Å². The highest BCUT2D eigenvalue weighted by molar-refractivity contribution is 9.10. The Morgan fingerprint density at radius 1 is 1.19 bits per heavy atom. The van der Waals surface area contributed by atoms with Crippen LogP contribution in [-0.4, -0.2) is 46.9 Å². The zero-order chi connectivity index (χ0) is 18.5. The first-order valence-electron chi connectivity index (χ1n) is 8.11. The number of benzene rings is 1. The molecule has 26 heavy (non-hydrogen) atoms. The van der Waals surface area contributed by atoms with Crippen LogP contribution in [0, 0.1) is 10.1 Å². The minimum absolute atomic E-state index is 0.0122. The fraction of sp³-hybridized carbons (Fsp3) is 0.222. The van der Waals surface area contributed by atoms with Gasteiger partial charge in [-0.1, -0.05) is 28.1 Å². The van der Waals surface area contributed by atoms with Crippen molar-refractivity contribution >= 4 is 39.4 Å². The lowest BCUT2D eigenvalue weighted by molar-refractivity contribution is -0.384. The van der Waals surface area contributed by atoms with Gasteiger partial charge in [-0.25, -0.2) is 4.98 Å². The molecule has 8 heteroatoms. The smallest absolute Gasteiger partial charge is 0.311 e. The number of piperazine rings is 1. The normalized spacial score (nSPS) is 14.7. The van der Waals surface area contributed by atoms with Gasteiger partial charge in [-0.3, -0.25) is 14.9 Å². The zero-order valence-electron chi connectivity index (χ0n) is 13.9. The molecule has 1 aliphatic heterocycles. The van der Waals surface area contributed by atoms with Crippen molar-refractivity contribution in [1.82, 2.24) is 9.88 Å². The van der Waals surface area contributed by atoms with E-state index < -0.39 is 4.92 Å². The Balaban J connectivity index is 1.62. The van der Waals surface area contributed by atoms with E-state index in [9.17, 15) is 14.9 Å². The highest BCUT2D eigenvalue weighted by Gasteiger charge is 2.25. The number of hydrogen-bond acceptors (Lipinski definition) is 5. The van der Waals surface area contributed by atoms with Crippen LogP contribution in [0.4, 0.5) is 11.5 Å². The molecule has 0 unspecified atom stereocenters. The van der Waals surface area contributed by atoms with Gasteiger partial charge in [-0.2, -0.15) is 0 Å². The second-order valence-corrected chi connectivity index (χ2v) is 6.72. The van der Waals surface area contributed by atoms with Gasteiger partial charge in [0.1, 0.15) is 0 Å². The number of hydrogen-bond donors (Lipinski definition) is 0. The zero-order valence-corrected chi connectivity index (χ0v) is 15.5. The molecule has 1 aromatic heterocycles. The molecule has 0 spiro atoms. The van der Waals surface area contributed by atoms with Crippen LogP contribution in [0.2, 0.25) is 0 Å². The van der Waals surface area contributed by atoms with Crippen LogP contribution in [0.15, 0.2) is 53.1 Å². The minimum atomic E-state index is -0.430. The Labute approximate surface area is 159 Å². The lowest BCUT2D eigenvalue weighted by Crippen LogP contribution is -2.48. The first-order valence-corrected chi connectivity index (χ1v) is 8.91. The molecule has 1 amide bonds. The van der Waals surface area contributed by atoms with Crippen molar-refractivity contribution in [2.24, 2.45) is 0 Å². The van der Waals surface area contributed by atoms with Crippen LogP contribution in [-0.2, 0) is 4.79 Å². The Hall–Kier alpha value is -2.74. The maximum atomic E-state index is 12.4. The molecule has 1 saturated heterocycles. The minimum Gasteiger partial charge on any atom is -0.347 e. The fourth-order valence-electron chi connectivity index (χ4n) is 2.80. The molecular formula is C18H17BrN4O3. The molecule has 0 radical (unpaired) electrons. The third-order valence-electron chi connectivity index (χ3n) is 4.12. The Morgan fingerprint density at radius 3 is 2.65 bits per heavy atom. The van der Waals surface area contributed by atoms with Crippen LogP contribution >= 0.6 is 15.9 Å². The predicted octanol–water partition coefficient (Wildman–Crippen LogP) is 3.11. The highest BCUT2D eigenvalue weighted by atomic mass is 79.9. The number of anilines is 1. The number of aromatic nitrogens is 1. The van der Waals surface area contributed by atoms with Gasteiger partial charge in [0.15, 0.2) is 0 Å².